The van der Waals surface area contributed by atoms with Crippen molar-refractivity contribution in [3.63, 3.8) is 0 Å². The van der Waals surface area contributed by atoms with Gasteiger partial charge in [0.05, 0.1) is 0 Å². The van der Waals surface area contributed by atoms with Crippen molar-refractivity contribution in [3.8, 4) is 0 Å². The molecular formula is C6H5Li2O2P. The molecule has 0 heterocycles. The third-order valence-corrected chi connectivity index (χ3v) is 1.69. The molecule has 0 N–H and O–H groups in total. The molecule has 0 aromatic heterocycles. The van der Waals surface area contributed by atoms with E-state index in [1.165, 1.54) is 0 Å². The summed E-state index contributed by atoms with van der Waals surface area (Å²) in [5, 5.41) is 0.368. The summed E-state index contributed by atoms with van der Waals surface area (Å²) in [6.45, 7) is 0. The van der Waals surface area contributed by atoms with Crippen molar-refractivity contribution in [1.29, 1.82) is 0 Å². The average molecular weight is 154 g/mol. The number of rotatable bonds is 1. The topological polar surface area (TPSA) is 46.1 Å². The van der Waals surface area contributed by atoms with E-state index in [0.29, 0.717) is 5.30 Å². The van der Waals surface area contributed by atoms with Crippen molar-refractivity contribution in [2.45, 2.75) is 0 Å². The van der Waals surface area contributed by atoms with Gasteiger partial charge in [0.1, 0.15) is 0 Å². The molecule has 1 aromatic rings. The van der Waals surface area contributed by atoms with E-state index in [9.17, 15) is 9.79 Å². The second-order valence-electron chi connectivity index (χ2n) is 1.59. The fourth-order valence-corrected chi connectivity index (χ4v) is 0.965. The average Bonchev–Trinajstić information content (AvgIpc) is 1.90. The fourth-order valence-electron chi connectivity index (χ4n) is 0.550. The van der Waals surface area contributed by atoms with E-state index >= 15 is 0 Å². The van der Waals surface area contributed by atoms with Crippen LogP contribution < -0.4 is 52.8 Å². The zero-order valence-electron chi connectivity index (χ0n) is 6.65. The van der Waals surface area contributed by atoms with Crippen LogP contribution in [0, 0.1) is 0 Å². The maximum Gasteiger partial charge on any atom is 1.00 e. The Labute approximate surface area is 91.3 Å². The van der Waals surface area contributed by atoms with Gasteiger partial charge in [-0.05, 0) is 0 Å². The molecule has 0 spiro atoms. The molecule has 0 aliphatic heterocycles. The van der Waals surface area contributed by atoms with E-state index in [2.05, 4.69) is 0 Å². The predicted molar refractivity (Wildman–Crippen MR) is 33.0 cm³/mol. The molecule has 2 nitrogen and oxygen atoms in total. The van der Waals surface area contributed by atoms with E-state index in [0.717, 1.165) is 0 Å². The van der Waals surface area contributed by atoms with Crippen molar-refractivity contribution < 1.29 is 47.5 Å². The quantitative estimate of drug-likeness (QED) is 0.298. The van der Waals surface area contributed by atoms with Crippen molar-refractivity contribution in [2.75, 3.05) is 0 Å². The smallest absolute Gasteiger partial charge is 0.838 e. The minimum Gasteiger partial charge on any atom is -0.838 e. The molecule has 0 amide bonds. The summed E-state index contributed by atoms with van der Waals surface area (Å²) in [7, 11) is -2.40. The first-order valence-electron chi connectivity index (χ1n) is 2.50. The summed E-state index contributed by atoms with van der Waals surface area (Å²) < 4.78 is 0. The molecular weight excluding hydrogens is 149 g/mol. The van der Waals surface area contributed by atoms with Gasteiger partial charge in [-0.25, -0.2) is 0 Å². The molecule has 0 unspecified atom stereocenters. The Bertz CT molecular complexity index is 181. The van der Waals surface area contributed by atoms with E-state index in [1.54, 1.807) is 30.3 Å². The second-order valence-corrected chi connectivity index (χ2v) is 2.62. The molecule has 48 valence electrons. The first-order valence-corrected chi connectivity index (χ1v) is 3.68. The van der Waals surface area contributed by atoms with Crippen LogP contribution in [0.1, 0.15) is 0 Å². The zero-order valence-corrected chi connectivity index (χ0v) is 7.54. The molecule has 0 radical (unpaired) electrons. The van der Waals surface area contributed by atoms with E-state index in [-0.39, 0.29) is 37.7 Å². The Morgan fingerprint density at radius 1 is 0.909 bits per heavy atom. The minimum absolute atomic E-state index is 0. The molecule has 0 aliphatic carbocycles. The molecule has 1 aromatic carbocycles. The Morgan fingerprint density at radius 2 is 1.36 bits per heavy atom. The molecule has 0 bridgehead atoms. The van der Waals surface area contributed by atoms with Crippen LogP contribution in [0.5, 0.6) is 0 Å². The molecule has 0 saturated heterocycles. The van der Waals surface area contributed by atoms with Gasteiger partial charge in [-0.1, -0.05) is 35.6 Å². The summed E-state index contributed by atoms with van der Waals surface area (Å²) in [4.78, 5) is 20.5. The second kappa shape index (κ2) is 7.42. The monoisotopic (exact) mass is 154 g/mol. The zero-order chi connectivity index (χ0) is 6.69. The van der Waals surface area contributed by atoms with E-state index in [4.69, 9.17) is 0 Å². The van der Waals surface area contributed by atoms with Gasteiger partial charge in [-0.2, -0.15) is 0 Å². The Hall–Kier alpha value is 0.765. The standard InChI is InChI=1S/C6H5O2P.2Li/c7-9(8)6-4-2-1-3-5-6;;/h1-5H;;/q-2;2*+1. The first-order chi connectivity index (χ1) is 4.30. The maximum absolute atomic E-state index is 10.2. The van der Waals surface area contributed by atoms with Crippen molar-refractivity contribution in [3.05, 3.63) is 30.3 Å². The van der Waals surface area contributed by atoms with E-state index < -0.39 is 8.38 Å². The normalized spacial score (nSPS) is 8.27. The third kappa shape index (κ3) is 5.08. The van der Waals surface area contributed by atoms with Crippen molar-refractivity contribution in [1.82, 2.24) is 0 Å². The van der Waals surface area contributed by atoms with Crippen LogP contribution in [0.2, 0.25) is 0 Å². The van der Waals surface area contributed by atoms with Crippen LogP contribution >= 0.6 is 8.38 Å². The number of benzene rings is 1. The SMILES string of the molecule is [Li+].[Li+].[O-]P([O-])c1ccccc1. The van der Waals surface area contributed by atoms with Crippen LogP contribution in [0.15, 0.2) is 30.3 Å². The molecule has 5 heteroatoms. The molecule has 0 atom stereocenters. The largest absolute Gasteiger partial charge is 1.00 e. The van der Waals surface area contributed by atoms with Crippen LogP contribution in [0.4, 0.5) is 0 Å². The van der Waals surface area contributed by atoms with Gasteiger partial charge in [0.15, 0.2) is 0 Å². The van der Waals surface area contributed by atoms with Gasteiger partial charge < -0.3 is 9.79 Å². The van der Waals surface area contributed by atoms with Crippen molar-refractivity contribution >= 4 is 13.7 Å². The van der Waals surface area contributed by atoms with Crippen LogP contribution in [-0.4, -0.2) is 0 Å². The molecule has 0 saturated carbocycles. The summed E-state index contributed by atoms with van der Waals surface area (Å²) >= 11 is 0. The molecule has 0 fully saturated rings. The predicted octanol–water partition coefficient (Wildman–Crippen LogP) is -6.65. The van der Waals surface area contributed by atoms with Gasteiger partial charge >= 0.3 is 37.7 Å². The summed E-state index contributed by atoms with van der Waals surface area (Å²) in [6, 6.07) is 8.29. The minimum atomic E-state index is -2.40. The fraction of sp³-hybridized carbons (Fsp3) is 0. The number of hydrogen-bond acceptors (Lipinski definition) is 2. The summed E-state index contributed by atoms with van der Waals surface area (Å²) in [5.41, 5.74) is 0. The van der Waals surface area contributed by atoms with Gasteiger partial charge in [0.25, 0.3) is 0 Å². The molecule has 0 aliphatic rings. The summed E-state index contributed by atoms with van der Waals surface area (Å²) in [5.74, 6) is 0. The number of hydrogen-bond donors (Lipinski definition) is 0. The first kappa shape index (κ1) is 14.3. The Balaban J connectivity index is 0. The van der Waals surface area contributed by atoms with Crippen LogP contribution in [-0.2, 0) is 0 Å². The third-order valence-electron chi connectivity index (χ3n) is 0.967. The van der Waals surface area contributed by atoms with Crippen LogP contribution in [0.25, 0.3) is 0 Å². The van der Waals surface area contributed by atoms with Gasteiger partial charge in [-0.3, -0.25) is 8.38 Å². The molecule has 1 rings (SSSR count). The van der Waals surface area contributed by atoms with E-state index in [1.807, 2.05) is 0 Å². The Kier molecular flexibility index (Phi) is 9.64. The Morgan fingerprint density at radius 3 is 1.64 bits per heavy atom. The van der Waals surface area contributed by atoms with Gasteiger partial charge in [0, 0.05) is 0 Å². The maximum atomic E-state index is 10.2. The van der Waals surface area contributed by atoms with Crippen molar-refractivity contribution in [2.24, 2.45) is 0 Å². The van der Waals surface area contributed by atoms with Crippen LogP contribution in [0.3, 0.4) is 0 Å². The van der Waals surface area contributed by atoms with Gasteiger partial charge in [-0.15, -0.1) is 0 Å². The molecule has 11 heavy (non-hydrogen) atoms. The summed E-state index contributed by atoms with van der Waals surface area (Å²) in [6.07, 6.45) is 0. The van der Waals surface area contributed by atoms with Gasteiger partial charge in [0.2, 0.25) is 0 Å².